The van der Waals surface area contributed by atoms with E-state index in [4.69, 9.17) is 19.7 Å². The highest BCUT2D eigenvalue weighted by Gasteiger charge is 2.56. The lowest BCUT2D eigenvalue weighted by atomic mass is 10.1. The SMILES string of the molecule is OCC[C@@H](O)/C=C(\O)[C@H](O)O[C@]1(CO)OC(CO)C(O)C1O. The molecule has 22 heavy (non-hydrogen) atoms. The van der Waals surface area contributed by atoms with Crippen LogP contribution in [0.15, 0.2) is 11.8 Å². The minimum absolute atomic E-state index is 0.0909. The molecule has 0 spiro atoms. The van der Waals surface area contributed by atoms with Gasteiger partial charge in [0.25, 0.3) is 0 Å². The Bertz CT molecular complexity index is 375. The fourth-order valence-electron chi connectivity index (χ4n) is 2.01. The summed E-state index contributed by atoms with van der Waals surface area (Å²) in [4.78, 5) is 0. The molecular weight excluding hydrogens is 304 g/mol. The summed E-state index contributed by atoms with van der Waals surface area (Å²) in [6.45, 7) is -2.00. The predicted molar refractivity (Wildman–Crippen MR) is 69.3 cm³/mol. The van der Waals surface area contributed by atoms with Gasteiger partial charge in [-0.3, -0.25) is 0 Å². The number of ether oxygens (including phenoxy) is 2. The minimum Gasteiger partial charge on any atom is -0.507 e. The summed E-state index contributed by atoms with van der Waals surface area (Å²) in [5, 5.41) is 75.0. The van der Waals surface area contributed by atoms with E-state index in [1.165, 1.54) is 0 Å². The zero-order valence-electron chi connectivity index (χ0n) is 11.7. The van der Waals surface area contributed by atoms with Gasteiger partial charge in [0.1, 0.15) is 30.7 Å². The van der Waals surface area contributed by atoms with Crippen molar-refractivity contribution >= 4 is 0 Å². The number of aliphatic hydroxyl groups excluding tert-OH is 8. The summed E-state index contributed by atoms with van der Waals surface area (Å²) in [5.74, 6) is -3.10. The largest absolute Gasteiger partial charge is 0.507 e. The molecule has 8 N–H and O–H groups in total. The zero-order valence-corrected chi connectivity index (χ0v) is 11.7. The Morgan fingerprint density at radius 2 is 1.86 bits per heavy atom. The Hall–Kier alpha value is -0.820. The van der Waals surface area contributed by atoms with Gasteiger partial charge < -0.3 is 50.3 Å². The molecule has 0 aromatic carbocycles. The van der Waals surface area contributed by atoms with Gasteiger partial charge in [-0.05, 0) is 6.08 Å². The maximum absolute atomic E-state index is 9.84. The van der Waals surface area contributed by atoms with Crippen LogP contribution in [-0.4, -0.2) is 97.2 Å². The van der Waals surface area contributed by atoms with E-state index in [-0.39, 0.29) is 13.0 Å². The van der Waals surface area contributed by atoms with Crippen LogP contribution in [0, 0.1) is 0 Å². The summed E-state index contributed by atoms with van der Waals surface area (Å²) in [6.07, 6.45) is -7.24. The van der Waals surface area contributed by atoms with Gasteiger partial charge in [0, 0.05) is 13.0 Å². The van der Waals surface area contributed by atoms with Crippen molar-refractivity contribution in [1.29, 1.82) is 0 Å². The van der Waals surface area contributed by atoms with E-state index in [9.17, 15) is 30.6 Å². The predicted octanol–water partition coefficient (Wildman–Crippen LogP) is -3.69. The second-order valence-electron chi connectivity index (χ2n) is 4.89. The third-order valence-electron chi connectivity index (χ3n) is 3.26. The monoisotopic (exact) mass is 326 g/mol. The molecular formula is C12H22O10. The lowest BCUT2D eigenvalue weighted by molar-refractivity contribution is -0.322. The minimum atomic E-state index is -2.25. The number of hydrogen-bond acceptors (Lipinski definition) is 10. The summed E-state index contributed by atoms with van der Waals surface area (Å²) >= 11 is 0. The first-order chi connectivity index (χ1) is 10.3. The topological polar surface area (TPSA) is 180 Å². The third kappa shape index (κ3) is 4.13. The van der Waals surface area contributed by atoms with Crippen LogP contribution >= 0.6 is 0 Å². The van der Waals surface area contributed by atoms with Gasteiger partial charge in [0.2, 0.25) is 12.1 Å². The van der Waals surface area contributed by atoms with E-state index in [1.54, 1.807) is 0 Å². The standard InChI is InChI=1S/C12H22O10/c13-2-1-6(16)3-7(17)11(20)22-12(5-15)10(19)9(18)8(4-14)21-12/h3,6,8-11,13-20H,1-2,4-5H2/b7-3-/t6-,8?,9?,10?,11-,12+/m1/s1. The molecule has 1 aliphatic rings. The molecule has 1 rings (SSSR count). The quantitative estimate of drug-likeness (QED) is 0.163. The lowest BCUT2D eigenvalue weighted by Gasteiger charge is -2.32. The van der Waals surface area contributed by atoms with Crippen molar-refractivity contribution in [3.8, 4) is 0 Å². The molecule has 0 aliphatic carbocycles. The van der Waals surface area contributed by atoms with Crippen LogP contribution in [0.2, 0.25) is 0 Å². The fourth-order valence-corrected chi connectivity index (χ4v) is 2.01. The normalized spacial score (nSPS) is 35.6. The van der Waals surface area contributed by atoms with Crippen LogP contribution in [0.3, 0.4) is 0 Å². The van der Waals surface area contributed by atoms with Crippen molar-refractivity contribution in [1.82, 2.24) is 0 Å². The molecule has 1 saturated heterocycles. The molecule has 130 valence electrons. The van der Waals surface area contributed by atoms with Crippen LogP contribution in [0.1, 0.15) is 6.42 Å². The number of hydrogen-bond donors (Lipinski definition) is 8. The molecule has 1 fully saturated rings. The second kappa shape index (κ2) is 8.15. The first kappa shape index (κ1) is 19.2. The van der Waals surface area contributed by atoms with Crippen molar-refractivity contribution in [3.05, 3.63) is 11.8 Å². The molecule has 0 aromatic rings. The van der Waals surface area contributed by atoms with Crippen LogP contribution in [-0.2, 0) is 9.47 Å². The number of aliphatic hydroxyl groups is 8. The molecule has 1 aliphatic heterocycles. The van der Waals surface area contributed by atoms with E-state index in [0.717, 1.165) is 6.08 Å². The molecule has 10 heteroatoms. The van der Waals surface area contributed by atoms with Gasteiger partial charge in [-0.1, -0.05) is 0 Å². The van der Waals surface area contributed by atoms with Crippen LogP contribution in [0.25, 0.3) is 0 Å². The highest BCUT2D eigenvalue weighted by Crippen LogP contribution is 2.33. The molecule has 0 bridgehead atoms. The first-order valence-corrected chi connectivity index (χ1v) is 6.62. The molecule has 3 unspecified atom stereocenters. The van der Waals surface area contributed by atoms with Crippen molar-refractivity contribution < 1.29 is 50.3 Å². The summed E-state index contributed by atoms with van der Waals surface area (Å²) < 4.78 is 9.90. The van der Waals surface area contributed by atoms with Crippen molar-refractivity contribution in [2.75, 3.05) is 19.8 Å². The zero-order chi connectivity index (χ0) is 16.9. The van der Waals surface area contributed by atoms with Gasteiger partial charge in [0.05, 0.1) is 12.7 Å². The average Bonchev–Trinajstić information content (AvgIpc) is 2.72. The van der Waals surface area contributed by atoms with Crippen molar-refractivity contribution in [2.24, 2.45) is 0 Å². The van der Waals surface area contributed by atoms with Gasteiger partial charge in [0.15, 0.2) is 0 Å². The van der Waals surface area contributed by atoms with Crippen LogP contribution in [0.4, 0.5) is 0 Å². The molecule has 0 radical (unpaired) electrons. The van der Waals surface area contributed by atoms with E-state index < -0.39 is 55.5 Å². The van der Waals surface area contributed by atoms with Gasteiger partial charge in [-0.25, -0.2) is 0 Å². The molecule has 6 atom stereocenters. The van der Waals surface area contributed by atoms with E-state index >= 15 is 0 Å². The third-order valence-corrected chi connectivity index (χ3v) is 3.26. The van der Waals surface area contributed by atoms with Gasteiger partial charge in [-0.15, -0.1) is 0 Å². The summed E-state index contributed by atoms with van der Waals surface area (Å²) in [6, 6.07) is 0. The first-order valence-electron chi connectivity index (χ1n) is 6.62. The molecule has 0 saturated carbocycles. The molecule has 0 amide bonds. The van der Waals surface area contributed by atoms with Crippen LogP contribution < -0.4 is 0 Å². The number of rotatable bonds is 8. The van der Waals surface area contributed by atoms with Crippen molar-refractivity contribution in [3.63, 3.8) is 0 Å². The maximum Gasteiger partial charge on any atom is 0.224 e. The Kier molecular flexibility index (Phi) is 7.12. The molecule has 1 heterocycles. The molecule has 0 aromatic heterocycles. The summed E-state index contributed by atoms with van der Waals surface area (Å²) in [5.41, 5.74) is 0. The second-order valence-corrected chi connectivity index (χ2v) is 4.89. The smallest absolute Gasteiger partial charge is 0.224 e. The van der Waals surface area contributed by atoms with Crippen LogP contribution in [0.5, 0.6) is 0 Å². The fraction of sp³-hybridized carbons (Fsp3) is 0.833. The van der Waals surface area contributed by atoms with Gasteiger partial charge in [-0.2, -0.15) is 0 Å². The van der Waals surface area contributed by atoms with E-state index in [1.807, 2.05) is 0 Å². The van der Waals surface area contributed by atoms with Gasteiger partial charge >= 0.3 is 0 Å². The Balaban J connectivity index is 2.81. The maximum atomic E-state index is 9.84. The lowest BCUT2D eigenvalue weighted by Crippen LogP contribution is -2.51. The van der Waals surface area contributed by atoms with E-state index in [0.29, 0.717) is 0 Å². The van der Waals surface area contributed by atoms with Crippen molar-refractivity contribution in [2.45, 2.75) is 42.9 Å². The summed E-state index contributed by atoms with van der Waals surface area (Å²) in [7, 11) is 0. The Morgan fingerprint density at radius 1 is 1.23 bits per heavy atom. The Morgan fingerprint density at radius 3 is 2.32 bits per heavy atom. The average molecular weight is 326 g/mol. The highest BCUT2D eigenvalue weighted by molar-refractivity contribution is 5.02. The Labute approximate surface area is 126 Å². The molecule has 10 nitrogen and oxygen atoms in total. The van der Waals surface area contributed by atoms with E-state index in [2.05, 4.69) is 0 Å². The highest BCUT2D eigenvalue weighted by atomic mass is 16.8.